The van der Waals surface area contributed by atoms with E-state index in [4.69, 9.17) is 0 Å². The molecule has 0 aromatic heterocycles. The smallest absolute Gasteiger partial charge is 0.123 e. The Hall–Kier alpha value is -0.410. The maximum absolute atomic E-state index is 12.7. The topological polar surface area (TPSA) is 12.0 Å². The van der Waals surface area contributed by atoms with E-state index in [9.17, 15) is 4.39 Å². The van der Waals surface area contributed by atoms with Crippen molar-refractivity contribution in [1.29, 1.82) is 0 Å². The molecule has 1 atom stereocenters. The number of hydrogen-bond donors (Lipinski definition) is 1. The maximum atomic E-state index is 12.7. The van der Waals surface area contributed by atoms with Gasteiger partial charge in [-0.2, -0.15) is 0 Å². The summed E-state index contributed by atoms with van der Waals surface area (Å²) in [7, 11) is 0. The Balaban J connectivity index is 2.45. The molecule has 1 N–H and O–H groups in total. The number of halogens is 2. The molecule has 0 heterocycles. The van der Waals surface area contributed by atoms with Gasteiger partial charge in [-0.3, -0.25) is 0 Å². The molecule has 1 aromatic rings. The van der Waals surface area contributed by atoms with Gasteiger partial charge >= 0.3 is 0 Å². The molecule has 1 rings (SSSR count). The molecular weight excluding hydrogens is 257 g/mol. The normalized spacial score (nSPS) is 13.1. The minimum Gasteiger partial charge on any atom is -0.309 e. The lowest BCUT2D eigenvalue weighted by Crippen LogP contribution is -2.34. The highest BCUT2D eigenvalue weighted by Gasteiger charge is 2.10. The van der Waals surface area contributed by atoms with Gasteiger partial charge in [0, 0.05) is 17.9 Å². The monoisotopic (exact) mass is 273 g/mol. The van der Waals surface area contributed by atoms with Crippen molar-refractivity contribution in [2.45, 2.75) is 26.4 Å². The van der Waals surface area contributed by atoms with E-state index in [0.717, 1.165) is 17.4 Å². The standard InChI is InChI=1S/C12H17BrFN/c1-9(2)12(7-13)15-8-10-3-5-11(14)6-4-10/h3-6,9,12,15H,7-8H2,1-2H3. The van der Waals surface area contributed by atoms with Gasteiger partial charge in [0.05, 0.1) is 0 Å². The lowest BCUT2D eigenvalue weighted by molar-refractivity contribution is 0.434. The first-order chi connectivity index (χ1) is 7.13. The molecule has 0 saturated carbocycles. The number of alkyl halides is 1. The van der Waals surface area contributed by atoms with Crippen LogP contribution in [-0.4, -0.2) is 11.4 Å². The third-order valence-corrected chi connectivity index (χ3v) is 3.15. The Labute approximate surface area is 99.2 Å². The molecule has 3 heteroatoms. The highest BCUT2D eigenvalue weighted by atomic mass is 79.9. The van der Waals surface area contributed by atoms with E-state index in [0.29, 0.717) is 12.0 Å². The molecule has 0 fully saturated rings. The van der Waals surface area contributed by atoms with Gasteiger partial charge in [0.25, 0.3) is 0 Å². The summed E-state index contributed by atoms with van der Waals surface area (Å²) in [6, 6.07) is 7.07. The molecule has 84 valence electrons. The fourth-order valence-corrected chi connectivity index (χ4v) is 2.30. The van der Waals surface area contributed by atoms with Crippen LogP contribution in [0.5, 0.6) is 0 Å². The van der Waals surface area contributed by atoms with Gasteiger partial charge in [0.2, 0.25) is 0 Å². The van der Waals surface area contributed by atoms with Gasteiger partial charge in [0.1, 0.15) is 5.82 Å². The van der Waals surface area contributed by atoms with Crippen LogP contribution in [0.25, 0.3) is 0 Å². The second-order valence-electron chi connectivity index (χ2n) is 4.01. The third kappa shape index (κ3) is 4.31. The van der Waals surface area contributed by atoms with E-state index in [1.807, 2.05) is 12.1 Å². The number of benzene rings is 1. The predicted molar refractivity (Wildman–Crippen MR) is 65.7 cm³/mol. The minimum atomic E-state index is -0.181. The zero-order chi connectivity index (χ0) is 11.3. The molecule has 0 amide bonds. The Kier molecular flexibility index (Phi) is 5.26. The van der Waals surface area contributed by atoms with E-state index in [-0.39, 0.29) is 5.82 Å². The second-order valence-corrected chi connectivity index (χ2v) is 4.66. The molecule has 0 aliphatic rings. The number of hydrogen-bond acceptors (Lipinski definition) is 1. The van der Waals surface area contributed by atoms with E-state index >= 15 is 0 Å². The van der Waals surface area contributed by atoms with Crippen molar-refractivity contribution >= 4 is 15.9 Å². The summed E-state index contributed by atoms with van der Waals surface area (Å²) in [5, 5.41) is 4.37. The number of rotatable bonds is 5. The first kappa shape index (κ1) is 12.7. The van der Waals surface area contributed by atoms with Crippen LogP contribution in [0.4, 0.5) is 4.39 Å². The van der Waals surface area contributed by atoms with Crippen LogP contribution in [0.2, 0.25) is 0 Å². The first-order valence-electron chi connectivity index (χ1n) is 5.17. The molecule has 0 radical (unpaired) electrons. The second kappa shape index (κ2) is 6.23. The van der Waals surface area contributed by atoms with Crippen LogP contribution < -0.4 is 5.32 Å². The average Bonchev–Trinajstić information content (AvgIpc) is 2.21. The highest BCUT2D eigenvalue weighted by molar-refractivity contribution is 9.09. The van der Waals surface area contributed by atoms with Crippen LogP contribution in [-0.2, 0) is 6.54 Å². The zero-order valence-corrected chi connectivity index (χ0v) is 10.7. The average molecular weight is 274 g/mol. The molecule has 0 saturated heterocycles. The third-order valence-electron chi connectivity index (χ3n) is 2.45. The van der Waals surface area contributed by atoms with Crippen molar-refractivity contribution in [2.24, 2.45) is 5.92 Å². The van der Waals surface area contributed by atoms with E-state index in [2.05, 4.69) is 35.1 Å². The van der Waals surface area contributed by atoms with Gasteiger partial charge < -0.3 is 5.32 Å². The summed E-state index contributed by atoms with van der Waals surface area (Å²) in [6.45, 7) is 5.15. The Morgan fingerprint density at radius 3 is 2.33 bits per heavy atom. The van der Waals surface area contributed by atoms with E-state index in [1.165, 1.54) is 12.1 Å². The molecule has 0 bridgehead atoms. The minimum absolute atomic E-state index is 0.181. The van der Waals surface area contributed by atoms with Crippen molar-refractivity contribution in [2.75, 3.05) is 5.33 Å². The van der Waals surface area contributed by atoms with Gasteiger partial charge in [-0.15, -0.1) is 0 Å². The SMILES string of the molecule is CC(C)C(CBr)NCc1ccc(F)cc1. The van der Waals surface area contributed by atoms with E-state index in [1.54, 1.807) is 0 Å². The van der Waals surface area contributed by atoms with Crippen molar-refractivity contribution in [3.05, 3.63) is 35.6 Å². The summed E-state index contributed by atoms with van der Waals surface area (Å²) >= 11 is 3.48. The first-order valence-corrected chi connectivity index (χ1v) is 6.29. The zero-order valence-electron chi connectivity index (χ0n) is 9.13. The molecule has 0 aliphatic carbocycles. The van der Waals surface area contributed by atoms with E-state index < -0.39 is 0 Å². The summed E-state index contributed by atoms with van der Waals surface area (Å²) in [5.41, 5.74) is 1.11. The Bertz CT molecular complexity index is 284. The Morgan fingerprint density at radius 1 is 1.27 bits per heavy atom. The summed E-state index contributed by atoms with van der Waals surface area (Å²) in [6.07, 6.45) is 0. The molecule has 15 heavy (non-hydrogen) atoms. The summed E-state index contributed by atoms with van der Waals surface area (Å²) in [5.74, 6) is 0.407. The number of nitrogens with one attached hydrogen (secondary N) is 1. The largest absolute Gasteiger partial charge is 0.309 e. The van der Waals surface area contributed by atoms with Crippen LogP contribution in [0, 0.1) is 11.7 Å². The van der Waals surface area contributed by atoms with Gasteiger partial charge in [-0.05, 0) is 23.6 Å². The van der Waals surface area contributed by atoms with Crippen molar-refractivity contribution < 1.29 is 4.39 Å². The Morgan fingerprint density at radius 2 is 1.87 bits per heavy atom. The molecule has 1 nitrogen and oxygen atoms in total. The van der Waals surface area contributed by atoms with Crippen LogP contribution >= 0.6 is 15.9 Å². The summed E-state index contributed by atoms with van der Waals surface area (Å²) in [4.78, 5) is 0. The molecule has 1 aromatic carbocycles. The molecule has 1 unspecified atom stereocenters. The lowest BCUT2D eigenvalue weighted by Gasteiger charge is -2.19. The molecular formula is C12H17BrFN. The van der Waals surface area contributed by atoms with Crippen LogP contribution in [0.1, 0.15) is 19.4 Å². The van der Waals surface area contributed by atoms with Crippen molar-refractivity contribution in [3.63, 3.8) is 0 Å². The van der Waals surface area contributed by atoms with Gasteiger partial charge in [-0.25, -0.2) is 4.39 Å². The maximum Gasteiger partial charge on any atom is 0.123 e. The van der Waals surface area contributed by atoms with Gasteiger partial charge in [-0.1, -0.05) is 41.9 Å². The van der Waals surface area contributed by atoms with Crippen molar-refractivity contribution in [1.82, 2.24) is 5.32 Å². The molecule has 0 spiro atoms. The van der Waals surface area contributed by atoms with Crippen molar-refractivity contribution in [3.8, 4) is 0 Å². The highest BCUT2D eigenvalue weighted by Crippen LogP contribution is 2.07. The quantitative estimate of drug-likeness (QED) is 0.812. The summed E-state index contributed by atoms with van der Waals surface area (Å²) < 4.78 is 12.7. The fraction of sp³-hybridized carbons (Fsp3) is 0.500. The molecule has 0 aliphatic heterocycles. The van der Waals surface area contributed by atoms with Gasteiger partial charge in [0.15, 0.2) is 0 Å². The predicted octanol–water partition coefficient (Wildman–Crippen LogP) is 3.33. The van der Waals surface area contributed by atoms with Crippen LogP contribution in [0.15, 0.2) is 24.3 Å². The van der Waals surface area contributed by atoms with Crippen LogP contribution in [0.3, 0.4) is 0 Å². The fourth-order valence-electron chi connectivity index (χ4n) is 1.32. The lowest BCUT2D eigenvalue weighted by atomic mass is 10.1.